The first-order valence-electron chi connectivity index (χ1n) is 10.1. The maximum atomic E-state index is 12.3. The molecule has 1 fully saturated rings. The fraction of sp³-hybridized carbons (Fsp3) is 0.545. The van der Waals surface area contributed by atoms with Gasteiger partial charge in [0, 0.05) is 31.6 Å². The largest absolute Gasteiger partial charge is 0.340 e. The van der Waals surface area contributed by atoms with Crippen LogP contribution >= 0.6 is 0 Å². The first-order valence-corrected chi connectivity index (χ1v) is 10.1. The van der Waals surface area contributed by atoms with Crippen LogP contribution in [0.2, 0.25) is 0 Å². The molecule has 0 radical (unpaired) electrons. The van der Waals surface area contributed by atoms with Gasteiger partial charge < -0.3 is 14.3 Å². The summed E-state index contributed by atoms with van der Waals surface area (Å²) in [4.78, 5) is 16.5. The van der Waals surface area contributed by atoms with Crippen molar-refractivity contribution >= 4 is 11.8 Å². The number of nitrogens with zero attached hydrogens (tertiary/aromatic N) is 3. The van der Waals surface area contributed by atoms with Gasteiger partial charge in [0.25, 0.3) is 0 Å². The number of rotatable bonds is 6. The number of piperidine rings is 1. The topological polar surface area (TPSA) is 49.6 Å². The van der Waals surface area contributed by atoms with E-state index in [1.54, 1.807) is 6.92 Å². The average molecular weight is 370 g/mol. The molecule has 1 aliphatic heterocycles. The van der Waals surface area contributed by atoms with Crippen LogP contribution in [0.3, 0.4) is 0 Å². The normalized spacial score (nSPS) is 16.4. The molecule has 27 heavy (non-hydrogen) atoms. The Morgan fingerprint density at radius 2 is 1.96 bits per heavy atom. The Balaban J connectivity index is 1.99. The van der Waals surface area contributed by atoms with E-state index < -0.39 is 0 Å². The Morgan fingerprint density at radius 1 is 1.30 bits per heavy atom. The van der Waals surface area contributed by atoms with Crippen LogP contribution in [0.15, 0.2) is 34.9 Å². The summed E-state index contributed by atoms with van der Waals surface area (Å²) in [5.41, 5.74) is 2.89. The van der Waals surface area contributed by atoms with Crippen molar-refractivity contribution in [2.24, 2.45) is 5.92 Å². The molecule has 2 aromatic rings. The van der Waals surface area contributed by atoms with Crippen molar-refractivity contribution in [1.29, 1.82) is 0 Å². The Morgan fingerprint density at radius 3 is 2.56 bits per heavy atom. The maximum absolute atomic E-state index is 12.3. The highest BCUT2D eigenvalue weighted by Crippen LogP contribution is 2.35. The summed E-state index contributed by atoms with van der Waals surface area (Å²) < 4.78 is 5.86. The summed E-state index contributed by atoms with van der Waals surface area (Å²) in [6, 6.07) is 10.3. The maximum Gasteiger partial charge on any atom is 0.232 e. The number of benzene rings is 1. The molecule has 1 unspecified atom stereocenters. The first kappa shape index (κ1) is 19.5. The van der Waals surface area contributed by atoms with Gasteiger partial charge in [-0.1, -0.05) is 49.3 Å². The molecule has 1 amide bonds. The third kappa shape index (κ3) is 4.34. The molecule has 1 atom stereocenters. The number of hydrogen-bond donors (Lipinski definition) is 0. The standard InChI is InChI=1S/C22H31N3O2/c1-5-17(3)25(18(4)26)15-20-21(19-9-7-6-8-10-19)23-27-22(20)24-13-11-16(2)12-14-24/h6-10,16-17H,5,11-15H2,1-4H3. The minimum atomic E-state index is 0.0859. The molecule has 1 aromatic heterocycles. The first-order chi connectivity index (χ1) is 13.0. The summed E-state index contributed by atoms with van der Waals surface area (Å²) in [7, 11) is 0. The molecular weight excluding hydrogens is 338 g/mol. The Labute approximate surface area is 162 Å². The molecule has 1 saturated heterocycles. The molecule has 1 aromatic carbocycles. The number of carbonyl (C=O) groups is 1. The van der Waals surface area contributed by atoms with E-state index in [-0.39, 0.29) is 11.9 Å². The molecule has 3 rings (SSSR count). The van der Waals surface area contributed by atoms with Crippen molar-refractivity contribution < 1.29 is 9.32 Å². The minimum absolute atomic E-state index is 0.0859. The van der Waals surface area contributed by atoms with Gasteiger partial charge in [-0.25, -0.2) is 0 Å². The predicted molar refractivity (Wildman–Crippen MR) is 109 cm³/mol. The SMILES string of the molecule is CCC(C)N(Cc1c(-c2ccccc2)noc1N1CCC(C)CC1)C(C)=O. The molecular formula is C22H31N3O2. The van der Waals surface area contributed by atoms with E-state index in [1.807, 2.05) is 35.2 Å². The highest BCUT2D eigenvalue weighted by molar-refractivity contribution is 5.75. The zero-order chi connectivity index (χ0) is 19.4. The molecule has 0 saturated carbocycles. The van der Waals surface area contributed by atoms with Crippen LogP contribution in [0.1, 0.15) is 52.5 Å². The highest BCUT2D eigenvalue weighted by atomic mass is 16.5. The van der Waals surface area contributed by atoms with E-state index >= 15 is 0 Å². The van der Waals surface area contributed by atoms with Gasteiger partial charge in [0.05, 0.1) is 12.1 Å². The van der Waals surface area contributed by atoms with Crippen LogP contribution in [-0.4, -0.2) is 35.1 Å². The van der Waals surface area contributed by atoms with Gasteiger partial charge in [-0.05, 0) is 32.1 Å². The second-order valence-corrected chi connectivity index (χ2v) is 7.75. The van der Waals surface area contributed by atoms with Crippen LogP contribution in [0.25, 0.3) is 11.3 Å². The van der Waals surface area contributed by atoms with Crippen molar-refractivity contribution in [2.45, 2.75) is 59.5 Å². The summed E-state index contributed by atoms with van der Waals surface area (Å²) >= 11 is 0. The Hall–Kier alpha value is -2.30. The average Bonchev–Trinajstić information content (AvgIpc) is 3.10. The van der Waals surface area contributed by atoms with Crippen LogP contribution in [-0.2, 0) is 11.3 Å². The zero-order valence-electron chi connectivity index (χ0n) is 16.9. The van der Waals surface area contributed by atoms with Crippen molar-refractivity contribution in [3.63, 3.8) is 0 Å². The van der Waals surface area contributed by atoms with Crippen molar-refractivity contribution in [3.05, 3.63) is 35.9 Å². The predicted octanol–water partition coefficient (Wildman–Crippen LogP) is 4.72. The lowest BCUT2D eigenvalue weighted by atomic mass is 9.98. The summed E-state index contributed by atoms with van der Waals surface area (Å²) in [5.74, 6) is 1.66. The van der Waals surface area contributed by atoms with Gasteiger partial charge in [0.15, 0.2) is 0 Å². The second-order valence-electron chi connectivity index (χ2n) is 7.75. The van der Waals surface area contributed by atoms with Crippen molar-refractivity contribution in [2.75, 3.05) is 18.0 Å². The lowest BCUT2D eigenvalue weighted by Gasteiger charge is -2.32. The Kier molecular flexibility index (Phi) is 6.19. The van der Waals surface area contributed by atoms with Crippen molar-refractivity contribution in [1.82, 2.24) is 10.1 Å². The number of carbonyl (C=O) groups excluding carboxylic acids is 1. The van der Waals surface area contributed by atoms with E-state index in [1.165, 1.54) is 0 Å². The van der Waals surface area contributed by atoms with Crippen LogP contribution in [0, 0.1) is 5.92 Å². The van der Waals surface area contributed by atoms with Gasteiger partial charge >= 0.3 is 0 Å². The lowest BCUT2D eigenvalue weighted by Crippen LogP contribution is -2.37. The van der Waals surface area contributed by atoms with Gasteiger partial charge in [-0.15, -0.1) is 0 Å². The second kappa shape index (κ2) is 8.59. The molecule has 5 nitrogen and oxygen atoms in total. The van der Waals surface area contributed by atoms with E-state index in [0.717, 1.165) is 61.0 Å². The third-order valence-electron chi connectivity index (χ3n) is 5.74. The lowest BCUT2D eigenvalue weighted by molar-refractivity contribution is -0.131. The Bertz CT molecular complexity index is 748. The molecule has 146 valence electrons. The summed E-state index contributed by atoms with van der Waals surface area (Å²) in [6.45, 7) is 10.6. The summed E-state index contributed by atoms with van der Waals surface area (Å²) in [5, 5.41) is 4.42. The molecule has 0 spiro atoms. The van der Waals surface area contributed by atoms with Crippen LogP contribution < -0.4 is 4.90 Å². The number of amides is 1. The molecule has 5 heteroatoms. The molecule has 0 N–H and O–H groups in total. The third-order valence-corrected chi connectivity index (χ3v) is 5.74. The van der Waals surface area contributed by atoms with E-state index in [0.29, 0.717) is 6.54 Å². The van der Waals surface area contributed by atoms with Crippen LogP contribution in [0.5, 0.6) is 0 Å². The van der Waals surface area contributed by atoms with Crippen LogP contribution in [0.4, 0.5) is 5.88 Å². The molecule has 0 bridgehead atoms. The highest BCUT2D eigenvalue weighted by Gasteiger charge is 2.28. The number of hydrogen-bond acceptors (Lipinski definition) is 4. The van der Waals surface area contributed by atoms with Gasteiger partial charge in [0.1, 0.15) is 5.69 Å². The van der Waals surface area contributed by atoms with E-state index in [2.05, 4.69) is 30.8 Å². The number of aromatic nitrogens is 1. The smallest absolute Gasteiger partial charge is 0.232 e. The quantitative estimate of drug-likeness (QED) is 0.739. The fourth-order valence-corrected chi connectivity index (χ4v) is 3.69. The molecule has 2 heterocycles. The van der Waals surface area contributed by atoms with Gasteiger partial charge in [-0.2, -0.15) is 0 Å². The fourth-order valence-electron chi connectivity index (χ4n) is 3.69. The van der Waals surface area contributed by atoms with E-state index in [9.17, 15) is 4.79 Å². The number of anilines is 1. The summed E-state index contributed by atoms with van der Waals surface area (Å²) in [6.07, 6.45) is 3.23. The monoisotopic (exact) mass is 369 g/mol. The van der Waals surface area contributed by atoms with E-state index in [4.69, 9.17) is 4.52 Å². The molecule has 1 aliphatic rings. The van der Waals surface area contributed by atoms with Gasteiger partial charge in [-0.3, -0.25) is 4.79 Å². The van der Waals surface area contributed by atoms with Crippen molar-refractivity contribution in [3.8, 4) is 11.3 Å². The molecule has 0 aliphatic carbocycles. The zero-order valence-corrected chi connectivity index (χ0v) is 16.9. The van der Waals surface area contributed by atoms with Gasteiger partial charge in [0.2, 0.25) is 11.8 Å². The minimum Gasteiger partial charge on any atom is -0.340 e.